The molecule has 0 aromatic carbocycles. The Hall–Kier alpha value is -1.45. The summed E-state index contributed by atoms with van der Waals surface area (Å²) in [5, 5.41) is 14.8. The third-order valence-electron chi connectivity index (χ3n) is 3.08. The van der Waals surface area contributed by atoms with Crippen LogP contribution in [-0.2, 0) is 10.0 Å². The van der Waals surface area contributed by atoms with Crippen molar-refractivity contribution >= 4 is 16.0 Å². The van der Waals surface area contributed by atoms with E-state index in [1.165, 1.54) is 11.2 Å². The van der Waals surface area contributed by atoms with E-state index >= 15 is 0 Å². The van der Waals surface area contributed by atoms with Crippen LogP contribution in [0.25, 0.3) is 0 Å². The zero-order valence-electron chi connectivity index (χ0n) is 12.8. The summed E-state index contributed by atoms with van der Waals surface area (Å²) in [6, 6.07) is 0. The van der Waals surface area contributed by atoms with E-state index in [1.54, 1.807) is 6.92 Å². The maximum absolute atomic E-state index is 12.5. The number of nitrogens with one attached hydrogen (secondary N) is 1. The van der Waals surface area contributed by atoms with Crippen molar-refractivity contribution in [1.82, 2.24) is 19.4 Å². The zero-order valence-corrected chi connectivity index (χ0v) is 13.6. The Morgan fingerprint density at radius 2 is 1.95 bits per heavy atom. The first-order valence-electron chi connectivity index (χ1n) is 6.65. The highest BCUT2D eigenvalue weighted by atomic mass is 32.2. The number of aryl methyl sites for hydroxylation is 1. The lowest BCUT2D eigenvalue weighted by atomic mass is 10.3. The fourth-order valence-corrected chi connectivity index (χ4v) is 3.59. The van der Waals surface area contributed by atoms with E-state index in [4.69, 9.17) is 5.11 Å². The number of rotatable bonds is 8. The van der Waals surface area contributed by atoms with Crippen molar-refractivity contribution in [2.75, 3.05) is 33.7 Å². The Morgan fingerprint density at radius 1 is 1.33 bits per heavy atom. The van der Waals surface area contributed by atoms with Crippen LogP contribution in [-0.4, -0.2) is 72.6 Å². The highest BCUT2D eigenvalue weighted by Gasteiger charge is 2.32. The molecule has 0 atom stereocenters. The van der Waals surface area contributed by atoms with Gasteiger partial charge in [0.1, 0.15) is 5.56 Å². The highest BCUT2D eigenvalue weighted by Crippen LogP contribution is 2.20. The third-order valence-corrected chi connectivity index (χ3v) is 4.98. The maximum atomic E-state index is 12.5. The van der Waals surface area contributed by atoms with Crippen molar-refractivity contribution in [1.29, 1.82) is 0 Å². The Kier molecular flexibility index (Phi) is 5.87. The van der Waals surface area contributed by atoms with Crippen LogP contribution in [0.15, 0.2) is 5.03 Å². The number of carbonyl (C=O) groups is 1. The quantitative estimate of drug-likeness (QED) is 0.717. The maximum Gasteiger partial charge on any atom is 0.340 e. The first-order valence-corrected chi connectivity index (χ1v) is 8.09. The van der Waals surface area contributed by atoms with Gasteiger partial charge in [0.15, 0.2) is 0 Å². The van der Waals surface area contributed by atoms with Crippen molar-refractivity contribution in [3.05, 3.63) is 11.3 Å². The van der Waals surface area contributed by atoms with Gasteiger partial charge in [0.2, 0.25) is 5.03 Å². The number of aromatic nitrogens is 2. The van der Waals surface area contributed by atoms with Crippen molar-refractivity contribution in [2.24, 2.45) is 0 Å². The number of carboxylic acids is 1. The zero-order chi connectivity index (χ0) is 16.2. The summed E-state index contributed by atoms with van der Waals surface area (Å²) in [7, 11) is -0.0980. The molecule has 0 amide bonds. The lowest BCUT2D eigenvalue weighted by Crippen LogP contribution is -2.34. The number of aromatic carboxylic acids is 1. The molecule has 21 heavy (non-hydrogen) atoms. The average Bonchev–Trinajstić information content (AvgIpc) is 2.76. The Morgan fingerprint density at radius 3 is 2.43 bits per heavy atom. The second-order valence-electron chi connectivity index (χ2n) is 4.99. The van der Waals surface area contributed by atoms with Crippen LogP contribution >= 0.6 is 0 Å². The monoisotopic (exact) mass is 318 g/mol. The van der Waals surface area contributed by atoms with E-state index in [1.807, 2.05) is 19.0 Å². The summed E-state index contributed by atoms with van der Waals surface area (Å²) < 4.78 is 26.3. The molecular formula is C12H22N4O4S. The molecule has 0 radical (unpaired) electrons. The minimum atomic E-state index is -3.91. The molecule has 1 heterocycles. The molecule has 0 aliphatic rings. The standard InChI is InChI=1S/C12H22N4O4S/c1-5-16(8-6-7-15(3)4)21(19,20)11-10(12(17)18)9(2)13-14-11/h5-8H2,1-4H3,(H,13,14)(H,17,18). The predicted octanol–water partition coefficient (Wildman–Crippen LogP) is 0.379. The van der Waals surface area contributed by atoms with Crippen molar-refractivity contribution < 1.29 is 18.3 Å². The number of carboxylic acid groups (broad SMARTS) is 1. The van der Waals surface area contributed by atoms with E-state index in [9.17, 15) is 13.2 Å². The van der Waals surface area contributed by atoms with E-state index in [2.05, 4.69) is 10.2 Å². The van der Waals surface area contributed by atoms with Crippen molar-refractivity contribution in [3.63, 3.8) is 0 Å². The molecule has 1 aromatic heterocycles. The molecule has 1 rings (SSSR count). The van der Waals surface area contributed by atoms with Crippen LogP contribution in [0.1, 0.15) is 29.4 Å². The van der Waals surface area contributed by atoms with Gasteiger partial charge in [0.05, 0.1) is 0 Å². The van der Waals surface area contributed by atoms with Crippen LogP contribution in [0.3, 0.4) is 0 Å². The normalized spacial score (nSPS) is 12.3. The van der Waals surface area contributed by atoms with Gasteiger partial charge in [-0.3, -0.25) is 5.10 Å². The van der Waals surface area contributed by atoms with Crippen molar-refractivity contribution in [3.8, 4) is 0 Å². The number of H-pyrrole nitrogens is 1. The first kappa shape index (κ1) is 17.6. The Balaban J connectivity index is 3.05. The molecule has 0 bridgehead atoms. The van der Waals surface area contributed by atoms with Crippen LogP contribution in [0.2, 0.25) is 0 Å². The van der Waals surface area contributed by atoms with E-state index in [0.29, 0.717) is 13.0 Å². The smallest absolute Gasteiger partial charge is 0.340 e. The number of sulfonamides is 1. The SMILES string of the molecule is CCN(CCCN(C)C)S(=O)(=O)c1n[nH]c(C)c1C(=O)O. The summed E-state index contributed by atoms with van der Waals surface area (Å²) in [6.45, 7) is 4.53. The van der Waals surface area contributed by atoms with E-state index in [-0.39, 0.29) is 17.8 Å². The molecule has 9 heteroatoms. The minimum Gasteiger partial charge on any atom is -0.478 e. The number of hydrogen-bond donors (Lipinski definition) is 2. The van der Waals surface area contributed by atoms with Gasteiger partial charge in [-0.05, 0) is 34.0 Å². The van der Waals surface area contributed by atoms with Crippen LogP contribution in [0, 0.1) is 6.92 Å². The average molecular weight is 318 g/mol. The van der Waals surface area contributed by atoms with Gasteiger partial charge in [-0.25, -0.2) is 13.2 Å². The lowest BCUT2D eigenvalue weighted by molar-refractivity contribution is 0.0691. The van der Waals surface area contributed by atoms with Crippen LogP contribution in [0.5, 0.6) is 0 Å². The number of aromatic amines is 1. The van der Waals surface area contributed by atoms with E-state index < -0.39 is 21.0 Å². The second kappa shape index (κ2) is 7.01. The highest BCUT2D eigenvalue weighted by molar-refractivity contribution is 7.89. The Bertz CT molecular complexity index is 594. The van der Waals surface area contributed by atoms with E-state index in [0.717, 1.165) is 6.54 Å². The van der Waals surface area contributed by atoms with Crippen LogP contribution in [0.4, 0.5) is 0 Å². The van der Waals surface area contributed by atoms with Gasteiger partial charge in [0, 0.05) is 18.8 Å². The molecule has 0 fully saturated rings. The third kappa shape index (κ3) is 4.02. The fourth-order valence-electron chi connectivity index (χ4n) is 1.98. The molecule has 0 saturated heterocycles. The van der Waals surface area contributed by atoms with Gasteiger partial charge in [0.25, 0.3) is 10.0 Å². The number of nitrogens with zero attached hydrogens (tertiary/aromatic N) is 3. The summed E-state index contributed by atoms with van der Waals surface area (Å²) in [6.07, 6.45) is 0.659. The predicted molar refractivity (Wildman–Crippen MR) is 77.9 cm³/mol. The second-order valence-corrected chi connectivity index (χ2v) is 6.84. The first-order chi connectivity index (χ1) is 9.71. The molecule has 2 N–H and O–H groups in total. The summed E-state index contributed by atoms with van der Waals surface area (Å²) in [5.41, 5.74) is -0.0634. The molecule has 0 saturated carbocycles. The molecule has 0 aliphatic heterocycles. The molecule has 0 unspecified atom stereocenters. The van der Waals surface area contributed by atoms with Gasteiger partial charge in [-0.15, -0.1) is 0 Å². The van der Waals surface area contributed by atoms with Gasteiger partial charge >= 0.3 is 5.97 Å². The fraction of sp³-hybridized carbons (Fsp3) is 0.667. The van der Waals surface area contributed by atoms with Crippen LogP contribution < -0.4 is 0 Å². The largest absolute Gasteiger partial charge is 0.478 e. The Labute approximate surface area is 124 Å². The molecule has 0 aliphatic carbocycles. The summed E-state index contributed by atoms with van der Waals surface area (Å²) in [4.78, 5) is 13.2. The van der Waals surface area contributed by atoms with Crippen molar-refractivity contribution in [2.45, 2.75) is 25.3 Å². The summed E-state index contributed by atoms with van der Waals surface area (Å²) in [5.74, 6) is -1.30. The minimum absolute atomic E-state index is 0.227. The van der Waals surface area contributed by atoms with Gasteiger partial charge in [-0.2, -0.15) is 9.40 Å². The molecular weight excluding hydrogens is 296 g/mol. The van der Waals surface area contributed by atoms with Gasteiger partial charge < -0.3 is 10.0 Å². The topological polar surface area (TPSA) is 107 Å². The summed E-state index contributed by atoms with van der Waals surface area (Å²) >= 11 is 0. The molecule has 0 spiro atoms. The molecule has 1 aromatic rings. The molecule has 8 nitrogen and oxygen atoms in total. The number of hydrogen-bond acceptors (Lipinski definition) is 5. The lowest BCUT2D eigenvalue weighted by Gasteiger charge is -2.20. The van der Waals surface area contributed by atoms with Gasteiger partial charge in [-0.1, -0.05) is 6.92 Å². The molecule has 120 valence electrons.